The number of rotatable bonds is 26. The maximum atomic E-state index is 2.40. The van der Waals surface area contributed by atoms with Crippen LogP contribution in [0.4, 0.5) is 0 Å². The lowest BCUT2D eigenvalue weighted by atomic mass is 9.66. The lowest BCUT2D eigenvalue weighted by Gasteiger charge is -2.39. The quantitative estimate of drug-likeness (QED) is 0.112. The molecule has 0 saturated carbocycles. The van der Waals surface area contributed by atoms with E-state index in [0.717, 1.165) is 17.8 Å². The Hall–Kier alpha value is 0. The van der Waals surface area contributed by atoms with Gasteiger partial charge in [-0.05, 0) is 49.4 Å². The van der Waals surface area contributed by atoms with Gasteiger partial charge in [0.25, 0.3) is 0 Å². The molecule has 1 atom stereocenters. The largest absolute Gasteiger partial charge is 0.0654 e. The topological polar surface area (TPSA) is 0 Å². The SMILES string of the molecule is CCCCCC[C](C(CCCCC)CCCCC)C(CCCCC)C(CCCC)CCCC. The van der Waals surface area contributed by atoms with E-state index in [0.29, 0.717) is 0 Å². The average Bonchev–Trinajstić information content (AvgIpc) is 2.82. The highest BCUT2D eigenvalue weighted by atomic mass is 14.4. The van der Waals surface area contributed by atoms with Crippen LogP contribution in [0.3, 0.4) is 0 Å². The van der Waals surface area contributed by atoms with Crippen LogP contribution in [0.2, 0.25) is 0 Å². The normalized spacial score (nSPS) is 13.0. The van der Waals surface area contributed by atoms with Crippen LogP contribution >= 0.6 is 0 Å². The van der Waals surface area contributed by atoms with E-state index in [4.69, 9.17) is 0 Å². The Labute approximate surface area is 212 Å². The summed E-state index contributed by atoms with van der Waals surface area (Å²) in [4.78, 5) is 0. The third-order valence-electron chi connectivity index (χ3n) is 8.18. The Bertz CT molecular complexity index is 341. The lowest BCUT2D eigenvalue weighted by Crippen LogP contribution is -2.29. The van der Waals surface area contributed by atoms with Crippen LogP contribution in [0.25, 0.3) is 0 Å². The second-order valence-corrected chi connectivity index (χ2v) is 11.2. The smallest absolute Gasteiger partial charge is 0.0176 e. The van der Waals surface area contributed by atoms with Crippen LogP contribution in [0.5, 0.6) is 0 Å². The Balaban J connectivity index is 5.78. The van der Waals surface area contributed by atoms with Crippen molar-refractivity contribution in [1.29, 1.82) is 0 Å². The van der Waals surface area contributed by atoms with Crippen LogP contribution in [0, 0.1) is 23.7 Å². The molecule has 0 N–H and O–H groups in total. The monoisotopic (exact) mass is 464 g/mol. The lowest BCUT2D eigenvalue weighted by molar-refractivity contribution is 0.218. The standard InChI is InChI=1S/C33H67/c1-7-13-19-23-29-33(31(26-20-14-8-2)27-21-15-9-3)32(28-22-16-10-4)30(24-17-11-5)25-18-12-6/h30-32H,7-29H2,1-6H3. The zero-order valence-electron chi connectivity index (χ0n) is 24.5. The van der Waals surface area contributed by atoms with Crippen LogP contribution in [-0.4, -0.2) is 0 Å². The molecule has 0 heteroatoms. The van der Waals surface area contributed by atoms with Crippen molar-refractivity contribution in [2.45, 2.75) is 189 Å². The van der Waals surface area contributed by atoms with Crippen LogP contribution < -0.4 is 0 Å². The molecule has 0 aromatic rings. The fourth-order valence-electron chi connectivity index (χ4n) is 6.06. The van der Waals surface area contributed by atoms with Gasteiger partial charge in [0.2, 0.25) is 0 Å². The summed E-state index contributed by atoms with van der Waals surface area (Å²) in [5.41, 5.74) is 0. The number of hydrogen-bond donors (Lipinski definition) is 0. The summed E-state index contributed by atoms with van der Waals surface area (Å²) < 4.78 is 0. The van der Waals surface area contributed by atoms with Crippen LogP contribution in [-0.2, 0) is 0 Å². The Kier molecular flexibility index (Phi) is 25.1. The van der Waals surface area contributed by atoms with Gasteiger partial charge in [0.1, 0.15) is 0 Å². The van der Waals surface area contributed by atoms with E-state index in [9.17, 15) is 0 Å². The fraction of sp³-hybridized carbons (Fsp3) is 0.970. The van der Waals surface area contributed by atoms with Crippen molar-refractivity contribution in [3.63, 3.8) is 0 Å². The van der Waals surface area contributed by atoms with E-state index in [2.05, 4.69) is 47.5 Å². The molecule has 0 rings (SSSR count). The van der Waals surface area contributed by atoms with Crippen molar-refractivity contribution in [2.75, 3.05) is 0 Å². The maximum Gasteiger partial charge on any atom is -0.0176 e. The van der Waals surface area contributed by atoms with Gasteiger partial charge in [-0.1, -0.05) is 164 Å². The predicted octanol–water partition coefficient (Wildman–Crippen LogP) is 12.5. The van der Waals surface area contributed by atoms with Gasteiger partial charge in [-0.15, -0.1) is 0 Å². The molecule has 0 amide bonds. The highest BCUT2D eigenvalue weighted by Crippen LogP contribution is 2.44. The molecule has 1 unspecified atom stereocenters. The van der Waals surface area contributed by atoms with Gasteiger partial charge in [0.05, 0.1) is 0 Å². The first-order valence-corrected chi connectivity index (χ1v) is 16.0. The molecule has 199 valence electrons. The first-order chi connectivity index (χ1) is 16.2. The Morgan fingerprint density at radius 2 is 0.818 bits per heavy atom. The highest BCUT2D eigenvalue weighted by molar-refractivity contribution is 5.04. The highest BCUT2D eigenvalue weighted by Gasteiger charge is 2.33. The Morgan fingerprint density at radius 3 is 1.27 bits per heavy atom. The zero-order valence-corrected chi connectivity index (χ0v) is 24.5. The van der Waals surface area contributed by atoms with E-state index in [-0.39, 0.29) is 0 Å². The summed E-state index contributed by atoms with van der Waals surface area (Å²) in [6.45, 7) is 14.3. The molecule has 0 aliphatic carbocycles. The van der Waals surface area contributed by atoms with Gasteiger partial charge in [0.15, 0.2) is 0 Å². The molecule has 0 aliphatic heterocycles. The second kappa shape index (κ2) is 25.1. The summed E-state index contributed by atoms with van der Waals surface area (Å²) in [5, 5.41) is 0. The molecule has 0 fully saturated rings. The van der Waals surface area contributed by atoms with E-state index < -0.39 is 0 Å². The minimum atomic E-state index is 0.919. The van der Waals surface area contributed by atoms with Crippen molar-refractivity contribution < 1.29 is 0 Å². The molecule has 0 aromatic carbocycles. The van der Waals surface area contributed by atoms with Crippen molar-refractivity contribution in [3.05, 3.63) is 5.92 Å². The van der Waals surface area contributed by atoms with E-state index in [1.165, 1.54) is 148 Å². The number of unbranched alkanes of at least 4 members (excludes halogenated alkanes) is 11. The molecule has 33 heavy (non-hydrogen) atoms. The van der Waals surface area contributed by atoms with Crippen molar-refractivity contribution >= 4 is 0 Å². The fourth-order valence-corrected chi connectivity index (χ4v) is 6.06. The molecule has 0 spiro atoms. The zero-order chi connectivity index (χ0) is 24.6. The molecule has 0 heterocycles. The summed E-state index contributed by atoms with van der Waals surface area (Å²) in [6.07, 6.45) is 33.0. The number of hydrogen-bond acceptors (Lipinski definition) is 0. The Morgan fingerprint density at radius 1 is 0.394 bits per heavy atom. The summed E-state index contributed by atoms with van der Waals surface area (Å²) in [6, 6.07) is 0. The van der Waals surface area contributed by atoms with Gasteiger partial charge in [-0.25, -0.2) is 0 Å². The minimum Gasteiger partial charge on any atom is -0.0654 e. The van der Waals surface area contributed by atoms with Crippen molar-refractivity contribution in [3.8, 4) is 0 Å². The van der Waals surface area contributed by atoms with Crippen LogP contribution in [0.1, 0.15) is 189 Å². The third-order valence-corrected chi connectivity index (χ3v) is 8.18. The molecule has 0 aliphatic rings. The van der Waals surface area contributed by atoms with E-state index >= 15 is 0 Å². The molecule has 1 radical (unpaired) electrons. The third kappa shape index (κ3) is 17.1. The van der Waals surface area contributed by atoms with Gasteiger partial charge >= 0.3 is 0 Å². The van der Waals surface area contributed by atoms with Gasteiger partial charge in [-0.2, -0.15) is 0 Å². The van der Waals surface area contributed by atoms with E-state index in [1.54, 1.807) is 0 Å². The minimum absolute atomic E-state index is 0.919. The van der Waals surface area contributed by atoms with E-state index in [1.807, 2.05) is 0 Å². The van der Waals surface area contributed by atoms with Gasteiger partial charge in [0, 0.05) is 0 Å². The maximum absolute atomic E-state index is 2.40. The summed E-state index contributed by atoms with van der Waals surface area (Å²) in [5.74, 6) is 4.88. The molecule has 0 nitrogen and oxygen atoms in total. The summed E-state index contributed by atoms with van der Waals surface area (Å²) >= 11 is 0. The van der Waals surface area contributed by atoms with Gasteiger partial charge in [-0.3, -0.25) is 0 Å². The molecule has 0 saturated heterocycles. The van der Waals surface area contributed by atoms with Crippen molar-refractivity contribution in [1.82, 2.24) is 0 Å². The first kappa shape index (κ1) is 33.0. The van der Waals surface area contributed by atoms with Gasteiger partial charge < -0.3 is 0 Å². The average molecular weight is 464 g/mol. The molecular weight excluding hydrogens is 396 g/mol. The molecular formula is C33H67. The van der Waals surface area contributed by atoms with Crippen LogP contribution in [0.15, 0.2) is 0 Å². The molecule has 0 aromatic heterocycles. The first-order valence-electron chi connectivity index (χ1n) is 16.0. The van der Waals surface area contributed by atoms with Crippen molar-refractivity contribution in [2.24, 2.45) is 17.8 Å². The summed E-state index contributed by atoms with van der Waals surface area (Å²) in [7, 11) is 0. The predicted molar refractivity (Wildman–Crippen MR) is 154 cm³/mol. The molecule has 0 bridgehead atoms. The second-order valence-electron chi connectivity index (χ2n) is 11.2.